The molecule has 0 bridgehead atoms. The average molecular weight is 517 g/mol. The molecule has 0 radical (unpaired) electrons. The Morgan fingerprint density at radius 3 is 2.51 bits per heavy atom. The molecular formula is C26H27F3N4O4. The summed E-state index contributed by atoms with van der Waals surface area (Å²) in [6, 6.07) is 6.72. The number of carbonyl (C=O) groups is 3. The number of nitrogens with one attached hydrogen (secondary N) is 1. The molecule has 0 atom stereocenters. The van der Waals surface area contributed by atoms with Crippen molar-refractivity contribution in [2.75, 3.05) is 36.5 Å². The van der Waals surface area contributed by atoms with Gasteiger partial charge in [-0.3, -0.25) is 9.59 Å². The highest BCUT2D eigenvalue weighted by Gasteiger charge is 2.37. The van der Waals surface area contributed by atoms with Gasteiger partial charge in [0.05, 0.1) is 24.6 Å². The summed E-state index contributed by atoms with van der Waals surface area (Å²) in [7, 11) is 0. The third-order valence-corrected chi connectivity index (χ3v) is 7.30. The van der Waals surface area contributed by atoms with Gasteiger partial charge in [0.1, 0.15) is 17.7 Å². The number of aldehydes is 1. The molecule has 1 aromatic heterocycles. The summed E-state index contributed by atoms with van der Waals surface area (Å²) in [4.78, 5) is 44.8. The third-order valence-electron chi connectivity index (χ3n) is 7.30. The van der Waals surface area contributed by atoms with Gasteiger partial charge in [-0.2, -0.15) is 13.2 Å². The summed E-state index contributed by atoms with van der Waals surface area (Å²) in [6.45, 7) is 2.40. The first-order valence-electron chi connectivity index (χ1n) is 12.4. The maximum absolute atomic E-state index is 13.4. The van der Waals surface area contributed by atoms with Crippen LogP contribution in [0.2, 0.25) is 0 Å². The smallest absolute Gasteiger partial charge is 0.378 e. The van der Waals surface area contributed by atoms with Crippen LogP contribution in [0.15, 0.2) is 30.3 Å². The molecule has 0 spiro atoms. The Kier molecular flexibility index (Phi) is 6.89. The molecule has 1 aromatic carbocycles. The van der Waals surface area contributed by atoms with Crippen molar-refractivity contribution in [1.29, 1.82) is 0 Å². The number of alkyl halides is 3. The average Bonchev–Trinajstić information content (AvgIpc) is 3.23. The number of hydrogen-bond acceptors (Lipinski definition) is 6. The van der Waals surface area contributed by atoms with Crippen LogP contribution in [0.25, 0.3) is 0 Å². The fraction of sp³-hybridized carbons (Fsp3) is 0.462. The fourth-order valence-corrected chi connectivity index (χ4v) is 5.29. The van der Waals surface area contributed by atoms with E-state index in [9.17, 15) is 27.6 Å². The molecule has 1 aliphatic carbocycles. The van der Waals surface area contributed by atoms with E-state index in [4.69, 9.17) is 4.74 Å². The van der Waals surface area contributed by atoms with Crippen molar-refractivity contribution in [3.05, 3.63) is 52.8 Å². The van der Waals surface area contributed by atoms with Crippen LogP contribution in [0.1, 0.15) is 57.8 Å². The zero-order valence-electron chi connectivity index (χ0n) is 20.1. The molecular weight excluding hydrogens is 489 g/mol. The number of ether oxygens (including phenoxy) is 1. The number of rotatable bonds is 5. The molecule has 1 saturated carbocycles. The minimum atomic E-state index is -4.67. The number of halogens is 3. The van der Waals surface area contributed by atoms with E-state index in [0.717, 1.165) is 49.7 Å². The number of amides is 2. The fourth-order valence-electron chi connectivity index (χ4n) is 5.29. The molecule has 3 heterocycles. The highest BCUT2D eigenvalue weighted by molar-refractivity contribution is 6.07. The molecule has 1 saturated heterocycles. The lowest BCUT2D eigenvalue weighted by atomic mass is 9.86. The van der Waals surface area contributed by atoms with Crippen molar-refractivity contribution >= 4 is 29.5 Å². The van der Waals surface area contributed by atoms with Gasteiger partial charge in [0.2, 0.25) is 0 Å². The number of carbonyl (C=O) groups excluding carboxylic acids is 3. The number of fused-ring (bicyclic) bond motifs is 1. The molecule has 8 nitrogen and oxygen atoms in total. The van der Waals surface area contributed by atoms with Crippen molar-refractivity contribution < 1.29 is 32.3 Å². The Labute approximate surface area is 211 Å². The molecule has 5 rings (SSSR count). The largest absolute Gasteiger partial charge is 0.433 e. The minimum Gasteiger partial charge on any atom is -0.378 e. The van der Waals surface area contributed by atoms with Crippen LogP contribution >= 0.6 is 0 Å². The van der Waals surface area contributed by atoms with Gasteiger partial charge in [0, 0.05) is 37.2 Å². The maximum Gasteiger partial charge on any atom is 0.433 e. The quantitative estimate of drug-likeness (QED) is 0.607. The zero-order valence-corrected chi connectivity index (χ0v) is 20.1. The van der Waals surface area contributed by atoms with Crippen molar-refractivity contribution in [2.45, 2.75) is 44.4 Å². The van der Waals surface area contributed by atoms with Gasteiger partial charge in [0.15, 0.2) is 0 Å². The monoisotopic (exact) mass is 516 g/mol. The van der Waals surface area contributed by atoms with Crippen molar-refractivity contribution in [3.63, 3.8) is 0 Å². The summed E-state index contributed by atoms with van der Waals surface area (Å²) < 4.78 is 44.8. The Balaban J connectivity index is 1.43. The standard InChI is InChI=1S/C26H27F3N4O4/c27-26(28,29)23-3-1-2-20(30-23)24(35)31-21-12-17-14-33(18-6-4-16(15-34)5-7-18)25(36)19(17)13-22(21)32-8-10-37-11-9-32/h1-3,12-13,15-16,18H,4-11,14H2,(H,31,35)/t16-,18-. The lowest BCUT2D eigenvalue weighted by Crippen LogP contribution is -2.38. The summed E-state index contributed by atoms with van der Waals surface area (Å²) >= 11 is 0. The first-order valence-corrected chi connectivity index (χ1v) is 12.4. The predicted octanol–water partition coefficient (Wildman–Crippen LogP) is 3.90. The normalized spacial score (nSPS) is 22.1. The number of morpholine rings is 1. The second-order valence-electron chi connectivity index (χ2n) is 9.62. The van der Waals surface area contributed by atoms with Gasteiger partial charge in [0.25, 0.3) is 11.8 Å². The number of pyridine rings is 1. The van der Waals surface area contributed by atoms with Crippen molar-refractivity contribution in [2.24, 2.45) is 5.92 Å². The van der Waals surface area contributed by atoms with Gasteiger partial charge in [-0.25, -0.2) is 4.98 Å². The van der Waals surface area contributed by atoms with E-state index >= 15 is 0 Å². The van der Waals surface area contributed by atoms with Crippen LogP contribution in [-0.4, -0.2) is 60.3 Å². The second kappa shape index (κ2) is 10.1. The first-order chi connectivity index (χ1) is 17.7. The number of anilines is 2. The van der Waals surface area contributed by atoms with Crippen LogP contribution in [0.3, 0.4) is 0 Å². The van der Waals surface area contributed by atoms with E-state index in [1.807, 2.05) is 9.80 Å². The molecule has 37 heavy (non-hydrogen) atoms. The molecule has 3 aliphatic rings. The predicted molar refractivity (Wildman–Crippen MR) is 128 cm³/mol. The molecule has 11 heteroatoms. The third kappa shape index (κ3) is 5.18. The van der Waals surface area contributed by atoms with Gasteiger partial charge >= 0.3 is 6.18 Å². The van der Waals surface area contributed by atoms with Crippen LogP contribution in [-0.2, 0) is 22.3 Å². The summed E-state index contributed by atoms with van der Waals surface area (Å²) in [6.07, 6.45) is -0.678. The number of hydrogen-bond donors (Lipinski definition) is 1. The highest BCUT2D eigenvalue weighted by atomic mass is 19.4. The number of benzene rings is 1. The van der Waals surface area contributed by atoms with Crippen LogP contribution in [0, 0.1) is 5.92 Å². The van der Waals surface area contributed by atoms with E-state index in [2.05, 4.69) is 10.3 Å². The van der Waals surface area contributed by atoms with Gasteiger partial charge in [-0.15, -0.1) is 0 Å². The molecule has 2 amide bonds. The molecule has 2 fully saturated rings. The lowest BCUT2D eigenvalue weighted by Gasteiger charge is -2.33. The molecule has 0 unspecified atom stereocenters. The van der Waals surface area contributed by atoms with Gasteiger partial charge < -0.3 is 24.6 Å². The lowest BCUT2D eigenvalue weighted by molar-refractivity contribution is -0.141. The van der Waals surface area contributed by atoms with Gasteiger partial charge in [-0.05, 0) is 55.5 Å². The Morgan fingerprint density at radius 2 is 1.84 bits per heavy atom. The highest BCUT2D eigenvalue weighted by Crippen LogP contribution is 2.38. The minimum absolute atomic E-state index is 0.0373. The topological polar surface area (TPSA) is 91.8 Å². The Morgan fingerprint density at radius 1 is 1.11 bits per heavy atom. The number of nitrogens with zero attached hydrogens (tertiary/aromatic N) is 3. The maximum atomic E-state index is 13.4. The summed E-state index contributed by atoms with van der Waals surface area (Å²) in [5, 5.41) is 2.74. The summed E-state index contributed by atoms with van der Waals surface area (Å²) in [5.74, 6) is -0.819. The molecule has 2 aromatic rings. The van der Waals surface area contributed by atoms with E-state index in [1.165, 1.54) is 6.07 Å². The van der Waals surface area contributed by atoms with E-state index in [-0.39, 0.29) is 23.6 Å². The molecule has 196 valence electrons. The van der Waals surface area contributed by atoms with E-state index < -0.39 is 17.8 Å². The van der Waals surface area contributed by atoms with E-state index in [0.29, 0.717) is 49.8 Å². The summed E-state index contributed by atoms with van der Waals surface area (Å²) in [5.41, 5.74) is 0.813. The van der Waals surface area contributed by atoms with Crippen LogP contribution < -0.4 is 10.2 Å². The van der Waals surface area contributed by atoms with Crippen LogP contribution in [0.5, 0.6) is 0 Å². The van der Waals surface area contributed by atoms with Crippen molar-refractivity contribution in [1.82, 2.24) is 9.88 Å². The zero-order chi connectivity index (χ0) is 26.2. The second-order valence-corrected chi connectivity index (χ2v) is 9.62. The van der Waals surface area contributed by atoms with Crippen molar-refractivity contribution in [3.8, 4) is 0 Å². The van der Waals surface area contributed by atoms with E-state index in [1.54, 1.807) is 12.1 Å². The Bertz CT molecular complexity index is 1200. The van der Waals surface area contributed by atoms with Gasteiger partial charge in [-0.1, -0.05) is 6.07 Å². The molecule has 2 aliphatic heterocycles. The number of aromatic nitrogens is 1. The SMILES string of the molecule is O=C[C@H]1CC[C@H](N2Cc3cc(NC(=O)c4cccc(C(F)(F)F)n4)c(N4CCOCC4)cc3C2=O)CC1. The molecule has 1 N–H and O–H groups in total. The van der Waals surface area contributed by atoms with Crippen LogP contribution in [0.4, 0.5) is 24.5 Å². The Hall–Kier alpha value is -3.47. The first kappa shape index (κ1) is 25.2.